The molecule has 0 aliphatic carbocycles. The number of benzene rings is 2. The molecule has 2 aromatic carbocycles. The molecular weight excluding hydrogens is 435 g/mol. The van der Waals surface area contributed by atoms with Crippen LogP contribution in [0.15, 0.2) is 53.4 Å². The van der Waals surface area contributed by atoms with E-state index in [0.717, 1.165) is 24.8 Å². The number of hydrogen-bond donors (Lipinski definition) is 0. The van der Waals surface area contributed by atoms with Gasteiger partial charge in [-0.05, 0) is 42.7 Å². The Balaban J connectivity index is 0.00000480. The number of rotatable bonds is 15. The van der Waals surface area contributed by atoms with Crippen LogP contribution in [0.25, 0.3) is 0 Å². The van der Waals surface area contributed by atoms with Gasteiger partial charge in [-0.3, -0.25) is 0 Å². The Labute approximate surface area is 231 Å². The second-order valence-electron chi connectivity index (χ2n) is 7.92. The monoisotopic (exact) mass is 470 g/mol. The average molecular weight is 471 g/mol. The molecule has 0 N–H and O–H groups in total. The van der Waals surface area contributed by atoms with Crippen LogP contribution >= 0.6 is 0 Å². The van der Waals surface area contributed by atoms with Crippen molar-refractivity contribution in [1.82, 2.24) is 0 Å². The first-order valence-electron chi connectivity index (χ1n) is 11.3. The number of ether oxygens (including phenoxy) is 1. The largest absolute Gasteiger partial charge is 1.00 e. The van der Waals surface area contributed by atoms with Gasteiger partial charge in [-0.15, -0.1) is 0 Å². The topological polar surface area (TPSA) is 66.4 Å². The minimum Gasteiger partial charge on any atom is -0.744 e. The molecule has 2 aromatic rings. The molecule has 0 bridgehead atoms. The summed E-state index contributed by atoms with van der Waals surface area (Å²) < 4.78 is 40.1. The van der Waals surface area contributed by atoms with Crippen molar-refractivity contribution in [3.05, 3.63) is 54.1 Å². The van der Waals surface area contributed by atoms with Gasteiger partial charge in [-0.2, -0.15) is 0 Å². The quantitative estimate of drug-likeness (QED) is 0.222. The Morgan fingerprint density at radius 2 is 1.32 bits per heavy atom. The van der Waals surface area contributed by atoms with Gasteiger partial charge >= 0.3 is 51.4 Å². The van der Waals surface area contributed by atoms with Crippen molar-refractivity contribution in [2.24, 2.45) is 0 Å². The minimum absolute atomic E-state index is 0. The van der Waals surface area contributed by atoms with Crippen molar-refractivity contribution < 1.29 is 69.1 Å². The summed E-state index contributed by atoms with van der Waals surface area (Å²) >= 11 is 0. The molecule has 0 radical (unpaired) electrons. The molecule has 166 valence electrons. The predicted molar refractivity (Wildman–Crippen MR) is 121 cm³/mol. The molecule has 0 saturated heterocycles. The van der Waals surface area contributed by atoms with E-state index in [-0.39, 0.29) is 56.3 Å². The van der Waals surface area contributed by atoms with E-state index in [1.54, 1.807) is 6.07 Å². The number of aryl methyl sites for hydroxylation is 1. The van der Waals surface area contributed by atoms with Crippen molar-refractivity contribution >= 4 is 10.1 Å². The van der Waals surface area contributed by atoms with Crippen LogP contribution in [0.3, 0.4) is 0 Å². The SMILES string of the molecule is CCCCCCCCCCCCCc1ccc(S(=O)(=O)[O-])cc1Oc1ccccc1.[K+]. The maximum Gasteiger partial charge on any atom is 1.00 e. The zero-order chi connectivity index (χ0) is 21.7. The second kappa shape index (κ2) is 16.4. The summed E-state index contributed by atoms with van der Waals surface area (Å²) in [4.78, 5) is -0.254. The Morgan fingerprint density at radius 1 is 0.774 bits per heavy atom. The summed E-state index contributed by atoms with van der Waals surface area (Å²) in [7, 11) is -4.51. The van der Waals surface area contributed by atoms with E-state index >= 15 is 0 Å². The predicted octanol–water partition coefficient (Wildman–Crippen LogP) is 4.24. The van der Waals surface area contributed by atoms with E-state index in [1.807, 2.05) is 30.3 Å². The first kappa shape index (κ1) is 28.8. The average Bonchev–Trinajstić information content (AvgIpc) is 2.73. The van der Waals surface area contributed by atoms with E-state index in [0.29, 0.717) is 11.5 Å². The molecule has 4 nitrogen and oxygen atoms in total. The molecule has 0 spiro atoms. The summed E-state index contributed by atoms with van der Waals surface area (Å²) in [6.07, 6.45) is 14.9. The molecule has 0 unspecified atom stereocenters. The maximum absolute atomic E-state index is 11.4. The number of para-hydroxylation sites is 1. The minimum atomic E-state index is -4.51. The van der Waals surface area contributed by atoms with E-state index < -0.39 is 10.1 Å². The molecule has 6 heteroatoms. The fourth-order valence-electron chi connectivity index (χ4n) is 3.59. The third-order valence-electron chi connectivity index (χ3n) is 5.35. The maximum atomic E-state index is 11.4. The Kier molecular flexibility index (Phi) is 15.3. The Bertz CT molecular complexity index is 838. The van der Waals surface area contributed by atoms with Gasteiger partial charge in [-0.25, -0.2) is 8.42 Å². The molecule has 0 fully saturated rings. The van der Waals surface area contributed by atoms with E-state index in [4.69, 9.17) is 4.74 Å². The van der Waals surface area contributed by atoms with Crippen LogP contribution in [0, 0.1) is 0 Å². The number of hydrogen-bond acceptors (Lipinski definition) is 4. The molecule has 0 aliphatic heterocycles. The summed E-state index contributed by atoms with van der Waals surface area (Å²) in [5, 5.41) is 0. The third-order valence-corrected chi connectivity index (χ3v) is 6.18. The summed E-state index contributed by atoms with van der Waals surface area (Å²) in [5.41, 5.74) is 0.933. The van der Waals surface area contributed by atoms with Crippen LogP contribution in [-0.2, 0) is 16.5 Å². The van der Waals surface area contributed by atoms with Crippen LogP contribution in [0.1, 0.15) is 83.1 Å². The molecule has 31 heavy (non-hydrogen) atoms. The van der Waals surface area contributed by atoms with Gasteiger partial charge in [0.2, 0.25) is 0 Å². The van der Waals surface area contributed by atoms with Crippen LogP contribution in [0.4, 0.5) is 0 Å². The third kappa shape index (κ3) is 12.0. The van der Waals surface area contributed by atoms with Gasteiger partial charge in [0.1, 0.15) is 21.6 Å². The molecule has 0 amide bonds. The van der Waals surface area contributed by atoms with Crippen molar-refractivity contribution in [3.63, 3.8) is 0 Å². The second-order valence-corrected chi connectivity index (χ2v) is 9.30. The number of unbranched alkanes of at least 4 members (excludes halogenated alkanes) is 10. The molecule has 0 atom stereocenters. The summed E-state index contributed by atoms with van der Waals surface area (Å²) in [6, 6.07) is 13.7. The fourth-order valence-corrected chi connectivity index (χ4v) is 4.07. The molecule has 0 aromatic heterocycles. The van der Waals surface area contributed by atoms with Gasteiger partial charge in [-0.1, -0.05) is 95.4 Å². The van der Waals surface area contributed by atoms with Gasteiger partial charge in [0.15, 0.2) is 0 Å². The fraction of sp³-hybridized carbons (Fsp3) is 0.520. The van der Waals surface area contributed by atoms with Crippen molar-refractivity contribution in [1.29, 1.82) is 0 Å². The van der Waals surface area contributed by atoms with E-state index in [1.165, 1.54) is 69.9 Å². The molecule has 0 heterocycles. The van der Waals surface area contributed by atoms with Gasteiger partial charge in [0.05, 0.1) is 4.90 Å². The molecular formula is C25H35KO4S. The van der Waals surface area contributed by atoms with Crippen molar-refractivity contribution in [3.8, 4) is 11.5 Å². The normalized spacial score (nSPS) is 11.2. The summed E-state index contributed by atoms with van der Waals surface area (Å²) in [5.74, 6) is 1.07. The van der Waals surface area contributed by atoms with Crippen LogP contribution < -0.4 is 56.1 Å². The van der Waals surface area contributed by atoms with Crippen LogP contribution in [0.2, 0.25) is 0 Å². The van der Waals surface area contributed by atoms with Crippen LogP contribution in [-0.4, -0.2) is 13.0 Å². The van der Waals surface area contributed by atoms with Crippen molar-refractivity contribution in [2.75, 3.05) is 0 Å². The van der Waals surface area contributed by atoms with E-state index in [2.05, 4.69) is 6.92 Å². The Morgan fingerprint density at radius 3 is 1.87 bits per heavy atom. The van der Waals surface area contributed by atoms with Gasteiger partial charge < -0.3 is 9.29 Å². The first-order valence-corrected chi connectivity index (χ1v) is 12.7. The Hall–Kier alpha value is -0.214. The standard InChI is InChI=1S/C25H36O4S.K/c1-2-3-4-5-6-7-8-9-10-11-13-16-22-19-20-24(30(26,27)28)21-25(22)29-23-17-14-12-15-18-23;/h12,14-15,17-21H,2-11,13,16H2,1H3,(H,26,27,28);/q;+1/p-1. The molecule has 0 saturated carbocycles. The van der Waals surface area contributed by atoms with Gasteiger partial charge in [0.25, 0.3) is 0 Å². The van der Waals surface area contributed by atoms with Gasteiger partial charge in [0, 0.05) is 0 Å². The van der Waals surface area contributed by atoms with Crippen LogP contribution in [0.5, 0.6) is 11.5 Å². The molecule has 0 aliphatic rings. The zero-order valence-corrected chi connectivity index (χ0v) is 23.1. The first-order chi connectivity index (χ1) is 14.5. The van der Waals surface area contributed by atoms with E-state index in [9.17, 15) is 13.0 Å². The van der Waals surface area contributed by atoms with Crippen molar-refractivity contribution in [2.45, 2.75) is 88.9 Å². The smallest absolute Gasteiger partial charge is 0.744 e. The zero-order valence-electron chi connectivity index (χ0n) is 19.1. The summed E-state index contributed by atoms with van der Waals surface area (Å²) in [6.45, 7) is 2.25. The molecule has 2 rings (SSSR count).